The smallest absolute Gasteiger partial charge is 0.320 e. The lowest BCUT2D eigenvalue weighted by atomic mass is 9.63. The van der Waals surface area contributed by atoms with Gasteiger partial charge < -0.3 is 9.47 Å². The SMILES string of the molecule is CCC(I)C(=O)OCOC1C(C)(C)CCCC1(C)C. The Kier molecular flexibility index (Phi) is 6.11. The van der Waals surface area contributed by atoms with Gasteiger partial charge in [0, 0.05) is 0 Å². The van der Waals surface area contributed by atoms with Gasteiger partial charge in [0.2, 0.25) is 0 Å². The van der Waals surface area contributed by atoms with Crippen LogP contribution in [0.5, 0.6) is 0 Å². The first-order chi connectivity index (χ1) is 8.70. The van der Waals surface area contributed by atoms with Crippen LogP contribution in [0, 0.1) is 10.8 Å². The third-order valence-corrected chi connectivity index (χ3v) is 5.50. The topological polar surface area (TPSA) is 35.5 Å². The maximum atomic E-state index is 11.6. The number of ether oxygens (including phenoxy) is 2. The van der Waals surface area contributed by atoms with Crippen molar-refractivity contribution >= 4 is 28.6 Å². The Bertz CT molecular complexity index is 297. The van der Waals surface area contributed by atoms with Crippen LogP contribution in [0.4, 0.5) is 0 Å². The Morgan fingerprint density at radius 1 is 1.26 bits per heavy atom. The fraction of sp³-hybridized carbons (Fsp3) is 0.933. The molecule has 0 bridgehead atoms. The number of esters is 1. The molecule has 0 N–H and O–H groups in total. The van der Waals surface area contributed by atoms with E-state index in [1.54, 1.807) is 0 Å². The quantitative estimate of drug-likeness (QED) is 0.308. The summed E-state index contributed by atoms with van der Waals surface area (Å²) < 4.78 is 11.1. The van der Waals surface area contributed by atoms with Crippen LogP contribution in [0.2, 0.25) is 0 Å². The van der Waals surface area contributed by atoms with Crippen molar-refractivity contribution in [1.29, 1.82) is 0 Å². The lowest BCUT2D eigenvalue weighted by molar-refractivity contribution is -0.188. The van der Waals surface area contributed by atoms with Crippen molar-refractivity contribution in [3.63, 3.8) is 0 Å². The van der Waals surface area contributed by atoms with Crippen LogP contribution >= 0.6 is 22.6 Å². The molecule has 1 atom stereocenters. The standard InChI is InChI=1S/C15H27IO3/c1-6-11(16)12(17)18-10-19-13-14(2,3)8-7-9-15(13,4)5/h11,13H,6-10H2,1-5H3. The number of hydrogen-bond acceptors (Lipinski definition) is 3. The Balaban J connectivity index is 2.52. The largest absolute Gasteiger partial charge is 0.438 e. The van der Waals surface area contributed by atoms with Gasteiger partial charge in [-0.15, -0.1) is 0 Å². The zero-order valence-electron chi connectivity index (χ0n) is 12.8. The molecule has 0 aromatic rings. The normalized spacial score (nSPS) is 23.9. The number of carbonyl (C=O) groups is 1. The summed E-state index contributed by atoms with van der Waals surface area (Å²) in [5, 5.41) is 0. The second-order valence-corrected chi connectivity index (χ2v) is 8.34. The second kappa shape index (κ2) is 6.74. The fourth-order valence-electron chi connectivity index (χ4n) is 3.19. The molecule has 1 rings (SSSR count). The van der Waals surface area contributed by atoms with Gasteiger partial charge in [0.25, 0.3) is 0 Å². The third-order valence-electron chi connectivity index (χ3n) is 4.11. The van der Waals surface area contributed by atoms with Gasteiger partial charge >= 0.3 is 5.97 Å². The number of hydrogen-bond donors (Lipinski definition) is 0. The Labute approximate surface area is 130 Å². The summed E-state index contributed by atoms with van der Waals surface area (Å²) in [6, 6.07) is 0. The first-order valence-corrected chi connectivity index (χ1v) is 8.37. The van der Waals surface area contributed by atoms with Crippen LogP contribution in [0.1, 0.15) is 60.3 Å². The second-order valence-electron chi connectivity index (χ2n) is 6.83. The van der Waals surface area contributed by atoms with Gasteiger partial charge in [-0.25, -0.2) is 0 Å². The zero-order chi connectivity index (χ0) is 14.7. The molecule has 0 radical (unpaired) electrons. The molecule has 1 unspecified atom stereocenters. The summed E-state index contributed by atoms with van der Waals surface area (Å²) in [6.45, 7) is 11.0. The molecule has 0 spiro atoms. The molecule has 0 aromatic carbocycles. The van der Waals surface area contributed by atoms with E-state index in [0.717, 1.165) is 6.42 Å². The summed E-state index contributed by atoms with van der Waals surface area (Å²) in [5.41, 5.74) is 0.283. The van der Waals surface area contributed by atoms with E-state index in [2.05, 4.69) is 50.3 Å². The van der Waals surface area contributed by atoms with Gasteiger partial charge in [0.05, 0.1) is 6.10 Å². The lowest BCUT2D eigenvalue weighted by Crippen LogP contribution is -2.47. The molecular formula is C15H27IO3. The molecule has 0 amide bonds. The molecular weight excluding hydrogens is 355 g/mol. The molecule has 3 nitrogen and oxygen atoms in total. The minimum Gasteiger partial charge on any atom is -0.438 e. The van der Waals surface area contributed by atoms with Crippen LogP contribution in [0.3, 0.4) is 0 Å². The zero-order valence-corrected chi connectivity index (χ0v) is 15.0. The Morgan fingerprint density at radius 2 is 1.79 bits per heavy atom. The van der Waals surface area contributed by atoms with Crippen molar-refractivity contribution in [1.82, 2.24) is 0 Å². The maximum Gasteiger partial charge on any atom is 0.320 e. The van der Waals surface area contributed by atoms with Crippen molar-refractivity contribution in [2.45, 2.75) is 70.3 Å². The third kappa shape index (κ3) is 4.59. The van der Waals surface area contributed by atoms with Crippen molar-refractivity contribution < 1.29 is 14.3 Å². The molecule has 1 saturated carbocycles. The van der Waals surface area contributed by atoms with E-state index in [0.29, 0.717) is 0 Å². The van der Waals surface area contributed by atoms with Crippen LogP contribution in [0.25, 0.3) is 0 Å². The Hall–Kier alpha value is 0.160. The number of carbonyl (C=O) groups excluding carboxylic acids is 1. The van der Waals surface area contributed by atoms with Crippen LogP contribution in [-0.2, 0) is 14.3 Å². The molecule has 1 aliphatic carbocycles. The van der Waals surface area contributed by atoms with Crippen LogP contribution in [-0.4, -0.2) is 22.8 Å². The monoisotopic (exact) mass is 382 g/mol. The van der Waals surface area contributed by atoms with Crippen LogP contribution in [0.15, 0.2) is 0 Å². The predicted molar refractivity (Wildman–Crippen MR) is 85.3 cm³/mol. The van der Waals surface area contributed by atoms with Crippen molar-refractivity contribution in [3.8, 4) is 0 Å². The predicted octanol–water partition coefficient (Wildman–Crippen LogP) is 4.32. The van der Waals surface area contributed by atoms with E-state index in [4.69, 9.17) is 9.47 Å². The maximum absolute atomic E-state index is 11.6. The summed E-state index contributed by atoms with van der Waals surface area (Å²) in [5.74, 6) is -0.172. The molecule has 1 fully saturated rings. The fourth-order valence-corrected chi connectivity index (χ4v) is 3.37. The number of rotatable bonds is 5. The average Bonchev–Trinajstić information content (AvgIpc) is 2.30. The van der Waals surface area contributed by atoms with E-state index in [1.807, 2.05) is 6.92 Å². The van der Waals surface area contributed by atoms with Crippen molar-refractivity contribution in [2.75, 3.05) is 6.79 Å². The summed E-state index contributed by atoms with van der Waals surface area (Å²) in [4.78, 5) is 11.6. The first-order valence-electron chi connectivity index (χ1n) is 7.13. The highest BCUT2D eigenvalue weighted by Crippen LogP contribution is 2.47. The number of halogens is 1. The molecule has 0 aliphatic heterocycles. The van der Waals surface area contributed by atoms with Gasteiger partial charge in [-0.3, -0.25) is 4.79 Å². The summed E-state index contributed by atoms with van der Waals surface area (Å²) >= 11 is 2.11. The van der Waals surface area contributed by atoms with Gasteiger partial charge in [0.15, 0.2) is 6.79 Å². The van der Waals surface area contributed by atoms with Gasteiger partial charge in [-0.1, -0.05) is 63.6 Å². The van der Waals surface area contributed by atoms with E-state index in [-0.39, 0.29) is 33.6 Å². The molecule has 1 aliphatic rings. The lowest BCUT2D eigenvalue weighted by Gasteiger charge is -2.48. The van der Waals surface area contributed by atoms with Gasteiger partial charge in [0.1, 0.15) is 3.92 Å². The van der Waals surface area contributed by atoms with E-state index in [9.17, 15) is 4.79 Å². The minimum atomic E-state index is -0.172. The average molecular weight is 382 g/mol. The molecule has 112 valence electrons. The van der Waals surface area contributed by atoms with Gasteiger partial charge in [-0.2, -0.15) is 0 Å². The Morgan fingerprint density at radius 3 is 2.26 bits per heavy atom. The molecule has 19 heavy (non-hydrogen) atoms. The van der Waals surface area contributed by atoms with E-state index >= 15 is 0 Å². The minimum absolute atomic E-state index is 0.0754. The molecule has 0 heterocycles. The van der Waals surface area contributed by atoms with Crippen LogP contribution < -0.4 is 0 Å². The van der Waals surface area contributed by atoms with Gasteiger partial charge in [-0.05, 0) is 30.1 Å². The first kappa shape index (κ1) is 17.2. The highest BCUT2D eigenvalue weighted by molar-refractivity contribution is 14.1. The molecule has 0 saturated heterocycles. The van der Waals surface area contributed by atoms with Crippen molar-refractivity contribution in [3.05, 3.63) is 0 Å². The summed E-state index contributed by atoms with van der Waals surface area (Å²) in [6.07, 6.45) is 4.50. The summed E-state index contributed by atoms with van der Waals surface area (Å²) in [7, 11) is 0. The highest BCUT2D eigenvalue weighted by atomic mass is 127. The highest BCUT2D eigenvalue weighted by Gasteiger charge is 2.44. The van der Waals surface area contributed by atoms with E-state index < -0.39 is 0 Å². The number of alkyl halides is 1. The molecule has 4 heteroatoms. The van der Waals surface area contributed by atoms with Crippen molar-refractivity contribution in [2.24, 2.45) is 10.8 Å². The molecule has 0 aromatic heterocycles. The van der Waals surface area contributed by atoms with E-state index in [1.165, 1.54) is 19.3 Å².